The first-order valence-electron chi connectivity index (χ1n) is 23.6. The first-order valence-corrected chi connectivity index (χ1v) is 25.1. The van der Waals surface area contributed by atoms with Gasteiger partial charge in [-0.2, -0.15) is 0 Å². The zero-order valence-corrected chi connectivity index (χ0v) is 37.4. The molecule has 6 unspecified atom stereocenters. The highest BCUT2D eigenvalue weighted by atomic mass is 31.2. The molecule has 0 radical (unpaired) electrons. The standard InChI is InChI=1S/C44H88NO12P/c1-3-5-7-9-11-13-15-17-19-21-23-25-27-29-31-33-37(47)45-35(34-56-58(54,55)57-44-42(52)40(50)39(49)41(51)43(44)53)38(48)36(46)32-30-28-26-24-22-20-18-16-14-12-10-8-6-4-2/h35-36,38-44,46,48-53H,3-34H2,1-2H3,(H,45,47)(H,54,55)/t35-,36+,38-,39?,40+,41?,42?,43?,44?/m0/s1. The molecular weight excluding hydrogens is 765 g/mol. The Bertz CT molecular complexity index is 1010. The molecular formula is C44H88NO12P. The average Bonchev–Trinajstić information content (AvgIpc) is 3.20. The second kappa shape index (κ2) is 34.8. The van der Waals surface area contributed by atoms with Crippen molar-refractivity contribution in [2.45, 2.75) is 268 Å². The molecule has 1 aliphatic carbocycles. The summed E-state index contributed by atoms with van der Waals surface area (Å²) in [5, 5.41) is 74.9. The SMILES string of the molecule is CCCCCCCCCCCCCCCCCC(=O)N[C@@H](COP(=O)(O)OC1C(O)C(O)C(O)[C@@H](O)C1O)[C@H](O)[C@H](O)CCCCCCCCCCCCCCCC. The molecule has 0 aromatic rings. The Morgan fingerprint density at radius 3 is 1.24 bits per heavy atom. The number of carbonyl (C=O) groups is 1. The summed E-state index contributed by atoms with van der Waals surface area (Å²) in [4.78, 5) is 23.4. The molecule has 13 nitrogen and oxygen atoms in total. The third-order valence-electron chi connectivity index (χ3n) is 11.8. The van der Waals surface area contributed by atoms with E-state index < -0.39 is 75.2 Å². The summed E-state index contributed by atoms with van der Waals surface area (Å²) in [5.74, 6) is -0.418. The number of aliphatic hydroxyl groups is 7. The third-order valence-corrected chi connectivity index (χ3v) is 12.7. The van der Waals surface area contributed by atoms with Crippen LogP contribution in [0, 0.1) is 0 Å². The number of aliphatic hydroxyl groups excluding tert-OH is 7. The lowest BCUT2D eigenvalue weighted by molar-refractivity contribution is -0.220. The van der Waals surface area contributed by atoms with Gasteiger partial charge in [0.2, 0.25) is 5.91 Å². The molecule has 1 aliphatic rings. The van der Waals surface area contributed by atoms with Gasteiger partial charge in [0.05, 0.1) is 18.8 Å². The van der Waals surface area contributed by atoms with Crippen LogP contribution in [0.4, 0.5) is 0 Å². The van der Waals surface area contributed by atoms with Crippen molar-refractivity contribution >= 4 is 13.7 Å². The molecule has 9 N–H and O–H groups in total. The third kappa shape index (κ3) is 25.9. The van der Waals surface area contributed by atoms with E-state index in [-0.39, 0.29) is 12.8 Å². The molecule has 10 atom stereocenters. The first-order chi connectivity index (χ1) is 27.9. The van der Waals surface area contributed by atoms with Gasteiger partial charge in [0.1, 0.15) is 42.7 Å². The van der Waals surface area contributed by atoms with E-state index >= 15 is 0 Å². The van der Waals surface area contributed by atoms with Gasteiger partial charge >= 0.3 is 7.82 Å². The zero-order chi connectivity index (χ0) is 43.0. The Balaban J connectivity index is 2.53. The number of rotatable bonds is 39. The summed E-state index contributed by atoms with van der Waals surface area (Å²) in [6, 6.07) is -1.30. The van der Waals surface area contributed by atoms with E-state index in [0.29, 0.717) is 12.8 Å². The summed E-state index contributed by atoms with van der Waals surface area (Å²) in [6.45, 7) is 3.71. The van der Waals surface area contributed by atoms with Crippen LogP contribution in [0.5, 0.6) is 0 Å². The minimum absolute atomic E-state index is 0.155. The van der Waals surface area contributed by atoms with Crippen molar-refractivity contribution in [3.8, 4) is 0 Å². The fourth-order valence-corrected chi connectivity index (χ4v) is 8.80. The maximum Gasteiger partial charge on any atom is 0.472 e. The van der Waals surface area contributed by atoms with Gasteiger partial charge in [-0.25, -0.2) is 4.57 Å². The number of phosphoric ester groups is 1. The predicted octanol–water partition coefficient (Wildman–Crippen LogP) is 7.65. The number of carbonyl (C=O) groups excluding carboxylic acids is 1. The van der Waals surface area contributed by atoms with Gasteiger partial charge in [-0.15, -0.1) is 0 Å². The fraction of sp³-hybridized carbons (Fsp3) is 0.977. The molecule has 58 heavy (non-hydrogen) atoms. The van der Waals surface area contributed by atoms with Crippen molar-refractivity contribution in [3.05, 3.63) is 0 Å². The molecule has 0 aromatic heterocycles. The summed E-state index contributed by atoms with van der Waals surface area (Å²) >= 11 is 0. The summed E-state index contributed by atoms with van der Waals surface area (Å²) in [5.41, 5.74) is 0. The Hall–Kier alpha value is -0.700. The van der Waals surface area contributed by atoms with Crippen LogP contribution < -0.4 is 5.32 Å². The molecule has 0 aliphatic heterocycles. The average molecular weight is 854 g/mol. The fourth-order valence-electron chi connectivity index (χ4n) is 7.83. The van der Waals surface area contributed by atoms with E-state index in [4.69, 9.17) is 9.05 Å². The Labute approximate surface area is 351 Å². The molecule has 0 bridgehead atoms. The van der Waals surface area contributed by atoms with Crippen LogP contribution in [0.1, 0.15) is 213 Å². The molecule has 0 saturated heterocycles. The van der Waals surface area contributed by atoms with Crippen LogP contribution in [-0.2, 0) is 18.4 Å². The van der Waals surface area contributed by atoms with E-state index in [0.717, 1.165) is 38.5 Å². The van der Waals surface area contributed by atoms with Crippen molar-refractivity contribution in [1.82, 2.24) is 5.32 Å². The molecule has 1 amide bonds. The highest BCUT2D eigenvalue weighted by Crippen LogP contribution is 2.47. The molecule has 1 saturated carbocycles. The molecule has 0 heterocycles. The number of unbranched alkanes of at least 4 members (excludes halogenated alkanes) is 27. The van der Waals surface area contributed by atoms with Gasteiger partial charge in [-0.1, -0.05) is 194 Å². The van der Waals surface area contributed by atoms with Gasteiger partial charge in [0, 0.05) is 6.42 Å². The smallest absolute Gasteiger partial charge is 0.390 e. The van der Waals surface area contributed by atoms with Gasteiger partial charge < -0.3 is 46.0 Å². The van der Waals surface area contributed by atoms with Gasteiger partial charge in [-0.3, -0.25) is 13.8 Å². The highest BCUT2D eigenvalue weighted by Gasteiger charge is 2.51. The number of hydrogen-bond acceptors (Lipinski definition) is 11. The van der Waals surface area contributed by atoms with Crippen LogP contribution in [0.15, 0.2) is 0 Å². The topological polar surface area (TPSA) is 226 Å². The van der Waals surface area contributed by atoms with Crippen LogP contribution in [0.2, 0.25) is 0 Å². The van der Waals surface area contributed by atoms with Crippen LogP contribution in [0.25, 0.3) is 0 Å². The maximum absolute atomic E-state index is 13.0. The largest absolute Gasteiger partial charge is 0.472 e. The van der Waals surface area contributed by atoms with Crippen LogP contribution >= 0.6 is 7.82 Å². The number of hydrogen-bond donors (Lipinski definition) is 9. The number of nitrogens with one attached hydrogen (secondary N) is 1. The molecule has 1 fully saturated rings. The number of amides is 1. The molecule has 14 heteroatoms. The minimum Gasteiger partial charge on any atom is -0.390 e. The molecule has 0 spiro atoms. The zero-order valence-electron chi connectivity index (χ0n) is 36.5. The Kier molecular flexibility index (Phi) is 33.2. The van der Waals surface area contributed by atoms with Crippen molar-refractivity contribution in [2.24, 2.45) is 0 Å². The Morgan fingerprint density at radius 1 is 0.534 bits per heavy atom. The molecule has 1 rings (SSSR count). The molecule has 346 valence electrons. The second-order valence-electron chi connectivity index (χ2n) is 17.1. The van der Waals surface area contributed by atoms with Crippen LogP contribution in [0.3, 0.4) is 0 Å². The van der Waals surface area contributed by atoms with E-state index in [1.165, 1.54) is 135 Å². The van der Waals surface area contributed by atoms with Crippen molar-refractivity contribution < 1.29 is 59.0 Å². The minimum atomic E-state index is -5.15. The van der Waals surface area contributed by atoms with E-state index in [9.17, 15) is 50.0 Å². The maximum atomic E-state index is 13.0. The lowest BCUT2D eigenvalue weighted by Crippen LogP contribution is -2.64. The van der Waals surface area contributed by atoms with Gasteiger partial charge in [0.15, 0.2) is 0 Å². The normalized spacial score (nSPS) is 23.7. The van der Waals surface area contributed by atoms with Crippen molar-refractivity contribution in [2.75, 3.05) is 6.61 Å². The highest BCUT2D eigenvalue weighted by molar-refractivity contribution is 7.47. The van der Waals surface area contributed by atoms with E-state index in [1.54, 1.807) is 0 Å². The first kappa shape index (κ1) is 55.3. The summed E-state index contributed by atoms with van der Waals surface area (Å²) in [7, 11) is -5.15. The lowest BCUT2D eigenvalue weighted by Gasteiger charge is -2.41. The van der Waals surface area contributed by atoms with E-state index in [1.807, 2.05) is 0 Å². The second-order valence-corrected chi connectivity index (χ2v) is 18.5. The lowest BCUT2D eigenvalue weighted by atomic mass is 9.85. The Morgan fingerprint density at radius 2 is 0.862 bits per heavy atom. The molecule has 0 aromatic carbocycles. The van der Waals surface area contributed by atoms with Crippen molar-refractivity contribution in [1.29, 1.82) is 0 Å². The van der Waals surface area contributed by atoms with Crippen LogP contribution in [-0.4, -0.2) is 108 Å². The monoisotopic (exact) mass is 854 g/mol. The summed E-state index contributed by atoms with van der Waals surface area (Å²) in [6.07, 6.45) is 19.9. The predicted molar refractivity (Wildman–Crippen MR) is 229 cm³/mol. The van der Waals surface area contributed by atoms with Gasteiger partial charge in [-0.05, 0) is 12.8 Å². The summed E-state index contributed by atoms with van der Waals surface area (Å²) < 4.78 is 22.9. The number of phosphoric acid groups is 1. The van der Waals surface area contributed by atoms with E-state index in [2.05, 4.69) is 19.2 Å². The van der Waals surface area contributed by atoms with Gasteiger partial charge in [0.25, 0.3) is 0 Å². The van der Waals surface area contributed by atoms with Crippen molar-refractivity contribution in [3.63, 3.8) is 0 Å². The quantitative estimate of drug-likeness (QED) is 0.0215.